The molecule has 0 aliphatic carbocycles. The van der Waals surface area contributed by atoms with Crippen LogP contribution in [0.5, 0.6) is 5.75 Å². The molecule has 0 aliphatic heterocycles. The lowest BCUT2D eigenvalue weighted by Gasteiger charge is -2.13. The first-order valence-electron chi connectivity index (χ1n) is 7.89. The third kappa shape index (κ3) is 7.37. The summed E-state index contributed by atoms with van der Waals surface area (Å²) in [6, 6.07) is 0. The molecular formula is C19H8Br5Cl5O4. The molecule has 0 fully saturated rings. The van der Waals surface area contributed by atoms with Crippen molar-refractivity contribution in [3.05, 3.63) is 71.8 Å². The normalized spacial score (nSPS) is 10.3. The van der Waals surface area contributed by atoms with E-state index >= 15 is 0 Å². The fraction of sp³-hybridized carbons (Fsp3) is 0.0526. The lowest BCUT2D eigenvalue weighted by Crippen LogP contribution is -2.09. The summed E-state index contributed by atoms with van der Waals surface area (Å²) in [5.41, 5.74) is 0.682. The number of hydrogen-bond acceptors (Lipinski definition) is 3. The highest BCUT2D eigenvalue weighted by Crippen LogP contribution is 2.48. The number of esters is 1. The predicted molar refractivity (Wildman–Crippen MR) is 154 cm³/mol. The number of halogens is 10. The van der Waals surface area contributed by atoms with E-state index < -0.39 is 11.9 Å². The fourth-order valence-electron chi connectivity index (χ4n) is 1.83. The van der Waals surface area contributed by atoms with Crippen LogP contribution < -0.4 is 4.74 Å². The number of hydrogen-bond donors (Lipinski definition) is 1. The van der Waals surface area contributed by atoms with Crippen molar-refractivity contribution in [3.8, 4) is 5.75 Å². The Hall–Kier alpha value is 0.710. The number of benzene rings is 2. The van der Waals surface area contributed by atoms with Crippen molar-refractivity contribution >= 4 is 155 Å². The Balaban J connectivity index is 0.000000331. The molecule has 14 heteroatoms. The number of carboxylic acids is 1. The van der Waals surface area contributed by atoms with Gasteiger partial charge >= 0.3 is 11.9 Å². The molecule has 1 N–H and O–H groups in total. The Bertz CT molecular complexity index is 1140. The number of rotatable bonds is 4. The molecule has 0 saturated carbocycles. The zero-order chi connectivity index (χ0) is 25.9. The summed E-state index contributed by atoms with van der Waals surface area (Å²) in [7, 11) is 0. The summed E-state index contributed by atoms with van der Waals surface area (Å²) < 4.78 is 8.41. The molecule has 0 unspecified atom stereocenters. The van der Waals surface area contributed by atoms with E-state index in [-0.39, 0.29) is 42.0 Å². The van der Waals surface area contributed by atoms with Crippen molar-refractivity contribution in [2.45, 2.75) is 6.92 Å². The van der Waals surface area contributed by atoms with E-state index in [1.165, 1.54) is 6.92 Å². The molecule has 0 bridgehead atoms. The first kappa shape index (κ1) is 31.7. The first-order valence-corrected chi connectivity index (χ1v) is 13.7. The average molecular weight is 877 g/mol. The van der Waals surface area contributed by atoms with E-state index in [1.807, 2.05) is 0 Å². The molecular weight excluding hydrogens is 869 g/mol. The van der Waals surface area contributed by atoms with Crippen LogP contribution in [0.15, 0.2) is 41.1 Å². The second kappa shape index (κ2) is 13.3. The van der Waals surface area contributed by atoms with Crippen molar-refractivity contribution in [3.63, 3.8) is 0 Å². The van der Waals surface area contributed by atoms with Gasteiger partial charge in [0, 0.05) is 33.5 Å². The zero-order valence-electron chi connectivity index (χ0n) is 15.9. The second-order valence-electron chi connectivity index (χ2n) is 5.80. The third-order valence-electron chi connectivity index (χ3n) is 3.48. The Labute approximate surface area is 256 Å². The van der Waals surface area contributed by atoms with Crippen LogP contribution in [0.25, 0.3) is 5.57 Å². The number of aliphatic carboxylic acids is 1. The number of carboxylic acid groups (broad SMARTS) is 1. The van der Waals surface area contributed by atoms with Gasteiger partial charge in [0.05, 0.1) is 20.6 Å². The fourth-order valence-corrected chi connectivity index (χ4v) is 6.55. The first-order chi connectivity index (χ1) is 15.1. The van der Waals surface area contributed by atoms with E-state index in [4.69, 9.17) is 67.8 Å². The van der Waals surface area contributed by atoms with Crippen LogP contribution in [-0.4, -0.2) is 17.0 Å². The zero-order valence-corrected chi connectivity index (χ0v) is 27.6. The van der Waals surface area contributed by atoms with Crippen LogP contribution in [-0.2, 0) is 9.59 Å². The van der Waals surface area contributed by atoms with Gasteiger partial charge in [0.25, 0.3) is 0 Å². The predicted octanol–water partition coefficient (Wildman–Crippen LogP) is 11.0. The van der Waals surface area contributed by atoms with Gasteiger partial charge in [0.15, 0.2) is 5.75 Å². The highest BCUT2D eigenvalue weighted by molar-refractivity contribution is 9.15. The molecule has 0 atom stereocenters. The number of carbonyl (C=O) groups excluding carboxylic acids is 1. The van der Waals surface area contributed by atoms with E-state index in [9.17, 15) is 9.59 Å². The summed E-state index contributed by atoms with van der Waals surface area (Å²) in [4.78, 5) is 22.3. The lowest BCUT2D eigenvalue weighted by atomic mass is 10.1. The van der Waals surface area contributed by atoms with Gasteiger partial charge in [-0.3, -0.25) is 0 Å². The standard InChI is InChI=1S/C10H5Cl5O2.C9H3Br5O2/c1-3(2)10(16)17-9-7(14)5(12)4(11)6(13)8(9)15;1-2(9(15)16)3-4(10)6(12)8(14)7(13)5(3)11/h1H2,2H3;1H2,(H,15,16). The van der Waals surface area contributed by atoms with E-state index in [1.54, 1.807) is 0 Å². The van der Waals surface area contributed by atoms with Gasteiger partial charge in [0.2, 0.25) is 0 Å². The summed E-state index contributed by atoms with van der Waals surface area (Å²) in [6.07, 6.45) is 0. The van der Waals surface area contributed by atoms with Crippen LogP contribution in [0, 0.1) is 0 Å². The quantitative estimate of drug-likeness (QED) is 0.109. The molecule has 178 valence electrons. The maximum absolute atomic E-state index is 11.4. The lowest BCUT2D eigenvalue weighted by molar-refractivity contribution is -0.131. The van der Waals surface area contributed by atoms with Gasteiger partial charge in [-0.05, 0) is 86.6 Å². The van der Waals surface area contributed by atoms with Crippen molar-refractivity contribution < 1.29 is 19.4 Å². The molecule has 2 aromatic rings. The highest BCUT2D eigenvalue weighted by Gasteiger charge is 2.23. The Kier molecular flexibility index (Phi) is 12.8. The molecule has 0 radical (unpaired) electrons. The molecule has 0 spiro atoms. The van der Waals surface area contributed by atoms with Crippen LogP contribution in [0.1, 0.15) is 12.5 Å². The molecule has 0 heterocycles. The Morgan fingerprint density at radius 2 is 1.06 bits per heavy atom. The van der Waals surface area contributed by atoms with Crippen LogP contribution >= 0.6 is 138 Å². The van der Waals surface area contributed by atoms with Crippen LogP contribution in [0.4, 0.5) is 0 Å². The van der Waals surface area contributed by atoms with Crippen LogP contribution in [0.2, 0.25) is 25.1 Å². The maximum Gasteiger partial charge on any atom is 0.338 e. The largest absolute Gasteiger partial charge is 0.478 e. The Morgan fingerprint density at radius 3 is 1.39 bits per heavy atom. The summed E-state index contributed by atoms with van der Waals surface area (Å²) in [6.45, 7) is 8.44. The average Bonchev–Trinajstić information content (AvgIpc) is 2.76. The SMILES string of the molecule is C=C(C(=O)O)c1c(Br)c(Br)c(Br)c(Br)c1Br.C=C(C)C(=O)Oc1c(Cl)c(Cl)c(Cl)c(Cl)c1Cl. The maximum atomic E-state index is 11.4. The van der Waals surface area contributed by atoms with Gasteiger partial charge in [-0.2, -0.15) is 0 Å². The summed E-state index contributed by atoms with van der Waals surface area (Å²) in [5.74, 6) is -1.90. The van der Waals surface area contributed by atoms with Crippen molar-refractivity contribution in [2.75, 3.05) is 0 Å². The molecule has 0 aliphatic rings. The minimum Gasteiger partial charge on any atom is -0.478 e. The number of ether oxygens (including phenoxy) is 1. The molecule has 0 aromatic heterocycles. The minimum absolute atomic E-state index is 0.00143. The van der Waals surface area contributed by atoms with E-state index in [0.717, 1.165) is 13.4 Å². The van der Waals surface area contributed by atoms with Gasteiger partial charge < -0.3 is 9.84 Å². The monoisotopic (exact) mass is 869 g/mol. The molecule has 33 heavy (non-hydrogen) atoms. The van der Waals surface area contributed by atoms with Gasteiger partial charge in [-0.15, -0.1) is 0 Å². The highest BCUT2D eigenvalue weighted by atomic mass is 79.9. The van der Waals surface area contributed by atoms with Gasteiger partial charge in [-0.25, -0.2) is 9.59 Å². The summed E-state index contributed by atoms with van der Waals surface area (Å²) in [5, 5.41) is 8.72. The van der Waals surface area contributed by atoms with Crippen molar-refractivity contribution in [2.24, 2.45) is 0 Å². The summed E-state index contributed by atoms with van der Waals surface area (Å²) >= 11 is 45.8. The number of carbonyl (C=O) groups is 2. The smallest absolute Gasteiger partial charge is 0.338 e. The van der Waals surface area contributed by atoms with Crippen LogP contribution in [0.3, 0.4) is 0 Å². The second-order valence-corrected chi connectivity index (χ2v) is 11.7. The topological polar surface area (TPSA) is 63.6 Å². The van der Waals surface area contributed by atoms with Crippen molar-refractivity contribution in [1.82, 2.24) is 0 Å². The van der Waals surface area contributed by atoms with Gasteiger partial charge in [0.1, 0.15) is 10.0 Å². The van der Waals surface area contributed by atoms with E-state index in [2.05, 4.69) is 92.8 Å². The Morgan fingerprint density at radius 1 is 0.727 bits per heavy atom. The molecule has 2 rings (SSSR count). The molecule has 0 saturated heterocycles. The molecule has 4 nitrogen and oxygen atoms in total. The molecule has 2 aromatic carbocycles. The van der Waals surface area contributed by atoms with E-state index in [0.29, 0.717) is 14.5 Å². The van der Waals surface area contributed by atoms with Crippen molar-refractivity contribution in [1.29, 1.82) is 0 Å². The minimum atomic E-state index is -1.07. The van der Waals surface area contributed by atoms with Gasteiger partial charge in [-0.1, -0.05) is 71.2 Å². The molecule has 0 amide bonds. The third-order valence-corrected chi connectivity index (χ3v) is 11.8.